The van der Waals surface area contributed by atoms with Gasteiger partial charge in [-0.1, -0.05) is 41.7 Å². The van der Waals surface area contributed by atoms with Gasteiger partial charge in [0.05, 0.1) is 11.5 Å². The van der Waals surface area contributed by atoms with Crippen LogP contribution in [-0.4, -0.2) is 23.7 Å². The first kappa shape index (κ1) is 15.8. The SMILES string of the molecule is Cc1ccc(CN(C)Cc2ccc(C#CCCO)s2)cc1. The van der Waals surface area contributed by atoms with Crippen molar-refractivity contribution in [2.45, 2.75) is 26.4 Å². The fourth-order valence-corrected chi connectivity index (χ4v) is 3.03. The van der Waals surface area contributed by atoms with E-state index < -0.39 is 0 Å². The summed E-state index contributed by atoms with van der Waals surface area (Å²) in [5, 5.41) is 8.72. The Morgan fingerprint density at radius 1 is 1.10 bits per heavy atom. The highest BCUT2D eigenvalue weighted by molar-refractivity contribution is 7.12. The molecule has 3 heteroatoms. The summed E-state index contributed by atoms with van der Waals surface area (Å²) >= 11 is 1.73. The number of benzene rings is 1. The summed E-state index contributed by atoms with van der Waals surface area (Å²) in [5.41, 5.74) is 2.63. The number of hydrogen-bond donors (Lipinski definition) is 1. The third-order valence-electron chi connectivity index (χ3n) is 3.11. The Morgan fingerprint density at radius 2 is 1.86 bits per heavy atom. The van der Waals surface area contributed by atoms with Crippen molar-refractivity contribution in [2.24, 2.45) is 0 Å². The molecule has 1 N–H and O–H groups in total. The zero-order valence-electron chi connectivity index (χ0n) is 12.6. The molecule has 0 atom stereocenters. The number of aliphatic hydroxyl groups excluding tert-OH is 1. The highest BCUT2D eigenvalue weighted by atomic mass is 32.1. The van der Waals surface area contributed by atoms with Crippen molar-refractivity contribution in [1.29, 1.82) is 0 Å². The molecule has 1 aromatic carbocycles. The van der Waals surface area contributed by atoms with E-state index in [-0.39, 0.29) is 6.61 Å². The molecule has 0 saturated heterocycles. The van der Waals surface area contributed by atoms with Gasteiger partial charge in [0.2, 0.25) is 0 Å². The van der Waals surface area contributed by atoms with E-state index in [1.807, 2.05) is 0 Å². The second-order valence-electron chi connectivity index (χ2n) is 5.20. The number of aliphatic hydroxyl groups is 1. The van der Waals surface area contributed by atoms with Crippen LogP contribution in [0.15, 0.2) is 36.4 Å². The second kappa shape index (κ2) is 7.99. The highest BCUT2D eigenvalue weighted by Crippen LogP contribution is 2.18. The van der Waals surface area contributed by atoms with Crippen LogP contribution in [0, 0.1) is 18.8 Å². The number of thiophene rings is 1. The average Bonchev–Trinajstić information content (AvgIpc) is 2.89. The summed E-state index contributed by atoms with van der Waals surface area (Å²) in [6, 6.07) is 12.9. The van der Waals surface area contributed by atoms with Crippen LogP contribution in [-0.2, 0) is 13.1 Å². The lowest BCUT2D eigenvalue weighted by Crippen LogP contribution is -2.16. The van der Waals surface area contributed by atoms with Crippen LogP contribution >= 0.6 is 11.3 Å². The third-order valence-corrected chi connectivity index (χ3v) is 4.09. The van der Waals surface area contributed by atoms with E-state index in [0.717, 1.165) is 18.0 Å². The number of nitrogens with zero attached hydrogens (tertiary/aromatic N) is 1. The van der Waals surface area contributed by atoms with Gasteiger partial charge < -0.3 is 5.11 Å². The van der Waals surface area contributed by atoms with Crippen molar-refractivity contribution < 1.29 is 5.11 Å². The summed E-state index contributed by atoms with van der Waals surface area (Å²) in [6.07, 6.45) is 0.542. The Labute approximate surface area is 131 Å². The van der Waals surface area contributed by atoms with Gasteiger partial charge >= 0.3 is 0 Å². The van der Waals surface area contributed by atoms with Crippen molar-refractivity contribution in [3.8, 4) is 11.8 Å². The molecule has 1 aromatic heterocycles. The van der Waals surface area contributed by atoms with Gasteiger partial charge in [0.25, 0.3) is 0 Å². The van der Waals surface area contributed by atoms with Gasteiger partial charge in [-0.15, -0.1) is 11.3 Å². The summed E-state index contributed by atoms with van der Waals surface area (Å²) in [4.78, 5) is 4.70. The zero-order valence-corrected chi connectivity index (χ0v) is 13.4. The van der Waals surface area contributed by atoms with Gasteiger partial charge in [0, 0.05) is 24.4 Å². The topological polar surface area (TPSA) is 23.5 Å². The first-order valence-electron chi connectivity index (χ1n) is 7.10. The molecule has 0 radical (unpaired) electrons. The summed E-state index contributed by atoms with van der Waals surface area (Å²) in [5.74, 6) is 6.05. The molecular weight excluding hydrogens is 278 g/mol. The minimum atomic E-state index is 0.129. The highest BCUT2D eigenvalue weighted by Gasteiger charge is 2.04. The smallest absolute Gasteiger partial charge is 0.0771 e. The quantitative estimate of drug-likeness (QED) is 0.855. The molecule has 0 aliphatic carbocycles. The fourth-order valence-electron chi connectivity index (χ4n) is 2.06. The van der Waals surface area contributed by atoms with Crippen LogP contribution in [0.1, 0.15) is 27.3 Å². The lowest BCUT2D eigenvalue weighted by atomic mass is 10.1. The van der Waals surface area contributed by atoms with Crippen LogP contribution in [0.4, 0.5) is 0 Å². The molecule has 0 amide bonds. The molecule has 2 aromatic rings. The van der Waals surface area contributed by atoms with E-state index >= 15 is 0 Å². The van der Waals surface area contributed by atoms with Crippen molar-refractivity contribution in [3.63, 3.8) is 0 Å². The second-order valence-corrected chi connectivity index (χ2v) is 6.37. The van der Waals surface area contributed by atoms with Gasteiger partial charge in [-0.3, -0.25) is 4.90 Å². The van der Waals surface area contributed by atoms with Gasteiger partial charge in [-0.2, -0.15) is 0 Å². The lowest BCUT2D eigenvalue weighted by molar-refractivity contribution is 0.305. The standard InChI is InChI=1S/C18H21NOS/c1-15-6-8-16(9-7-15)13-19(2)14-18-11-10-17(21-18)5-3-4-12-20/h6-11,20H,4,12-14H2,1-2H3. The minimum Gasteiger partial charge on any atom is -0.395 e. The van der Waals surface area contributed by atoms with Crippen molar-refractivity contribution in [2.75, 3.05) is 13.7 Å². The Kier molecular flexibility index (Phi) is 6.01. The van der Waals surface area contributed by atoms with Crippen molar-refractivity contribution in [3.05, 3.63) is 57.3 Å². The number of aryl methyl sites for hydroxylation is 1. The summed E-state index contributed by atoms with van der Waals surface area (Å²) in [7, 11) is 2.14. The van der Waals surface area contributed by atoms with Gasteiger partial charge in [0.1, 0.15) is 0 Å². The van der Waals surface area contributed by atoms with E-state index in [2.05, 4.69) is 67.1 Å². The first-order chi connectivity index (χ1) is 10.2. The van der Waals surface area contributed by atoms with Gasteiger partial charge in [0.15, 0.2) is 0 Å². The Hall–Kier alpha value is -1.60. The zero-order chi connectivity index (χ0) is 15.1. The number of hydrogen-bond acceptors (Lipinski definition) is 3. The van der Waals surface area contributed by atoms with E-state index in [1.54, 1.807) is 11.3 Å². The van der Waals surface area contributed by atoms with Crippen LogP contribution in [0.2, 0.25) is 0 Å². The van der Waals surface area contributed by atoms with Crippen LogP contribution < -0.4 is 0 Å². The van der Waals surface area contributed by atoms with Crippen LogP contribution in [0.3, 0.4) is 0 Å². The number of rotatable bonds is 5. The van der Waals surface area contributed by atoms with E-state index in [4.69, 9.17) is 5.11 Å². The average molecular weight is 299 g/mol. The predicted octanol–water partition coefficient (Wildman–Crippen LogP) is 3.42. The Morgan fingerprint density at radius 3 is 2.57 bits per heavy atom. The van der Waals surface area contributed by atoms with Crippen LogP contribution in [0.25, 0.3) is 0 Å². The largest absolute Gasteiger partial charge is 0.395 e. The van der Waals surface area contributed by atoms with Gasteiger partial charge in [-0.05, 0) is 31.7 Å². The molecule has 0 bridgehead atoms. The minimum absolute atomic E-state index is 0.129. The normalized spacial score (nSPS) is 10.5. The van der Waals surface area contributed by atoms with Crippen LogP contribution in [0.5, 0.6) is 0 Å². The first-order valence-corrected chi connectivity index (χ1v) is 7.91. The van der Waals surface area contributed by atoms with E-state index in [9.17, 15) is 0 Å². The predicted molar refractivity (Wildman–Crippen MR) is 89.2 cm³/mol. The molecule has 110 valence electrons. The molecule has 0 aliphatic rings. The molecule has 0 fully saturated rings. The maximum atomic E-state index is 8.72. The monoisotopic (exact) mass is 299 g/mol. The molecule has 0 saturated carbocycles. The molecular formula is C18H21NOS. The molecule has 2 nitrogen and oxygen atoms in total. The lowest BCUT2D eigenvalue weighted by Gasteiger charge is -2.15. The van der Waals surface area contributed by atoms with Gasteiger partial charge in [-0.25, -0.2) is 0 Å². The molecule has 21 heavy (non-hydrogen) atoms. The summed E-state index contributed by atoms with van der Waals surface area (Å²) in [6.45, 7) is 4.12. The molecule has 0 spiro atoms. The maximum Gasteiger partial charge on any atom is 0.0771 e. The molecule has 0 aliphatic heterocycles. The maximum absolute atomic E-state index is 8.72. The fraction of sp³-hybridized carbons (Fsp3) is 0.333. The molecule has 1 heterocycles. The Bertz CT molecular complexity index is 619. The third kappa shape index (κ3) is 5.35. The molecule has 0 unspecified atom stereocenters. The van der Waals surface area contributed by atoms with E-state index in [0.29, 0.717) is 6.42 Å². The Balaban J connectivity index is 1.89. The van der Waals surface area contributed by atoms with Crippen molar-refractivity contribution >= 4 is 11.3 Å². The summed E-state index contributed by atoms with van der Waals surface area (Å²) < 4.78 is 0. The molecule has 2 rings (SSSR count). The van der Waals surface area contributed by atoms with Crippen molar-refractivity contribution in [1.82, 2.24) is 4.90 Å². The van der Waals surface area contributed by atoms with E-state index in [1.165, 1.54) is 16.0 Å².